The van der Waals surface area contributed by atoms with Gasteiger partial charge in [-0.25, -0.2) is 4.98 Å². The number of ketones is 1. The third-order valence-electron chi connectivity index (χ3n) is 2.95. The fourth-order valence-electron chi connectivity index (χ4n) is 2.43. The maximum Gasteiger partial charge on any atom is 0.209 e. The van der Waals surface area contributed by atoms with Gasteiger partial charge in [-0.05, 0) is 20.8 Å². The van der Waals surface area contributed by atoms with E-state index < -0.39 is 0 Å². The number of nitrogens with zero attached hydrogens (tertiary/aromatic N) is 3. The van der Waals surface area contributed by atoms with Crippen molar-refractivity contribution in [1.29, 1.82) is 0 Å². The van der Waals surface area contributed by atoms with E-state index in [0.29, 0.717) is 6.42 Å². The minimum absolute atomic E-state index is 0.128. The number of hydrogen-bond acceptors (Lipinski definition) is 3. The van der Waals surface area contributed by atoms with E-state index in [1.54, 1.807) is 0 Å². The molecule has 1 aromatic heterocycles. The Hall–Kier alpha value is -1.58. The monoisotopic (exact) mass is 233 g/mol. The zero-order valence-corrected chi connectivity index (χ0v) is 11.1. The van der Waals surface area contributed by atoms with Gasteiger partial charge >= 0.3 is 0 Å². The number of carbonyl (C=O) groups is 1. The van der Waals surface area contributed by atoms with E-state index in [0.717, 1.165) is 22.8 Å². The van der Waals surface area contributed by atoms with Gasteiger partial charge in [-0.2, -0.15) is 0 Å². The van der Waals surface area contributed by atoms with Crippen LogP contribution in [0.25, 0.3) is 0 Å². The molecule has 1 aromatic rings. The number of Topliss-reactive ketones (excluding diaryl/α,β-unsaturated/α-hetero) is 1. The third-order valence-corrected chi connectivity index (χ3v) is 2.95. The second-order valence-electron chi connectivity index (χ2n) is 5.04. The molecule has 92 valence electrons. The first-order valence-electron chi connectivity index (χ1n) is 5.91. The number of carbonyl (C=O) groups excluding carboxylic acids is 1. The lowest BCUT2D eigenvalue weighted by Crippen LogP contribution is -2.13. The maximum absolute atomic E-state index is 12.3. The molecule has 17 heavy (non-hydrogen) atoms. The van der Waals surface area contributed by atoms with E-state index in [1.807, 2.05) is 36.7 Å². The highest BCUT2D eigenvalue weighted by atomic mass is 16.1. The highest BCUT2D eigenvalue weighted by molar-refractivity contribution is 6.11. The highest BCUT2D eigenvalue weighted by Crippen LogP contribution is 2.29. The number of imidazole rings is 1. The normalized spacial score (nSPS) is 17.1. The maximum atomic E-state index is 12.3. The molecule has 0 radical (unpaired) electrons. The lowest BCUT2D eigenvalue weighted by molar-refractivity contribution is 0.102. The smallest absolute Gasteiger partial charge is 0.209 e. The Bertz CT molecular complexity index is 495. The van der Waals surface area contributed by atoms with Crippen LogP contribution in [-0.2, 0) is 6.42 Å². The van der Waals surface area contributed by atoms with Crippen LogP contribution in [0.2, 0.25) is 0 Å². The van der Waals surface area contributed by atoms with E-state index in [4.69, 9.17) is 0 Å². The predicted octanol–water partition coefficient (Wildman–Crippen LogP) is 1.96. The van der Waals surface area contributed by atoms with Crippen molar-refractivity contribution in [3.05, 3.63) is 29.0 Å². The standard InChI is InChI=1S/C13H19N3O/c1-8(2)16-9(3)14-11-6-10(7-15(4)5)13(17)12(11)16/h7-8H,6H2,1-5H3/b10-7+. The Morgan fingerprint density at radius 2 is 2.06 bits per heavy atom. The lowest BCUT2D eigenvalue weighted by atomic mass is 10.2. The number of fused-ring (bicyclic) bond motifs is 1. The number of rotatable bonds is 2. The van der Waals surface area contributed by atoms with Crippen LogP contribution in [0.3, 0.4) is 0 Å². The first-order valence-corrected chi connectivity index (χ1v) is 5.91. The average molecular weight is 233 g/mol. The van der Waals surface area contributed by atoms with Gasteiger partial charge in [0.2, 0.25) is 5.78 Å². The number of aromatic nitrogens is 2. The molecule has 1 heterocycles. The highest BCUT2D eigenvalue weighted by Gasteiger charge is 2.32. The zero-order chi connectivity index (χ0) is 12.7. The van der Waals surface area contributed by atoms with Crippen LogP contribution in [0.15, 0.2) is 11.8 Å². The second kappa shape index (κ2) is 4.02. The molecule has 0 aromatic carbocycles. The lowest BCUT2D eigenvalue weighted by Gasteiger charge is -2.12. The molecular formula is C13H19N3O. The van der Waals surface area contributed by atoms with Gasteiger partial charge in [0.1, 0.15) is 11.5 Å². The molecule has 0 saturated carbocycles. The summed E-state index contributed by atoms with van der Waals surface area (Å²) in [6.07, 6.45) is 2.55. The van der Waals surface area contributed by atoms with Gasteiger partial charge < -0.3 is 9.47 Å². The molecule has 1 aliphatic rings. The Morgan fingerprint density at radius 3 is 2.59 bits per heavy atom. The Kier molecular flexibility index (Phi) is 2.81. The van der Waals surface area contributed by atoms with Crippen LogP contribution in [0.1, 0.15) is 41.9 Å². The molecule has 0 fully saturated rings. The third kappa shape index (κ3) is 1.88. The molecule has 0 atom stereocenters. The van der Waals surface area contributed by atoms with Crippen LogP contribution in [0, 0.1) is 6.92 Å². The summed E-state index contributed by atoms with van der Waals surface area (Å²) in [6, 6.07) is 0.272. The van der Waals surface area contributed by atoms with Gasteiger partial charge in [-0.15, -0.1) is 0 Å². The fourth-order valence-corrected chi connectivity index (χ4v) is 2.43. The molecular weight excluding hydrogens is 214 g/mol. The number of allylic oxidation sites excluding steroid dienone is 1. The number of aryl methyl sites for hydroxylation is 1. The van der Waals surface area contributed by atoms with Crippen LogP contribution in [0.4, 0.5) is 0 Å². The minimum Gasteiger partial charge on any atom is -0.383 e. The molecule has 4 heteroatoms. The van der Waals surface area contributed by atoms with Crippen molar-refractivity contribution in [3.8, 4) is 0 Å². The molecule has 1 aliphatic carbocycles. The summed E-state index contributed by atoms with van der Waals surface area (Å²) in [4.78, 5) is 18.7. The van der Waals surface area contributed by atoms with Crippen molar-refractivity contribution in [2.75, 3.05) is 14.1 Å². The van der Waals surface area contributed by atoms with Crippen molar-refractivity contribution < 1.29 is 4.79 Å². The molecule has 0 bridgehead atoms. The van der Waals surface area contributed by atoms with Gasteiger partial charge in [-0.3, -0.25) is 4.79 Å². The summed E-state index contributed by atoms with van der Waals surface area (Å²) in [5, 5.41) is 0. The summed E-state index contributed by atoms with van der Waals surface area (Å²) in [5.41, 5.74) is 2.54. The largest absolute Gasteiger partial charge is 0.383 e. The topological polar surface area (TPSA) is 38.1 Å². The second-order valence-corrected chi connectivity index (χ2v) is 5.04. The molecule has 0 N–H and O–H groups in total. The Labute approximate surface area is 102 Å². The van der Waals surface area contributed by atoms with Crippen LogP contribution in [-0.4, -0.2) is 34.3 Å². The summed E-state index contributed by atoms with van der Waals surface area (Å²) in [5.74, 6) is 1.06. The van der Waals surface area contributed by atoms with Crippen molar-refractivity contribution in [2.24, 2.45) is 0 Å². The van der Waals surface area contributed by atoms with Gasteiger partial charge in [0, 0.05) is 38.3 Å². The molecule has 4 nitrogen and oxygen atoms in total. The number of hydrogen-bond donors (Lipinski definition) is 0. The Balaban J connectivity index is 2.48. The molecule has 0 amide bonds. The van der Waals surface area contributed by atoms with Crippen LogP contribution >= 0.6 is 0 Å². The van der Waals surface area contributed by atoms with E-state index in [9.17, 15) is 4.79 Å². The first-order chi connectivity index (χ1) is 7.91. The van der Waals surface area contributed by atoms with Crippen LogP contribution < -0.4 is 0 Å². The molecule has 2 rings (SSSR count). The van der Waals surface area contributed by atoms with Crippen molar-refractivity contribution in [1.82, 2.24) is 14.5 Å². The van der Waals surface area contributed by atoms with E-state index >= 15 is 0 Å². The summed E-state index contributed by atoms with van der Waals surface area (Å²) in [7, 11) is 3.86. The molecule has 0 saturated heterocycles. The summed E-state index contributed by atoms with van der Waals surface area (Å²) < 4.78 is 2.04. The average Bonchev–Trinajstić information content (AvgIpc) is 2.64. The summed E-state index contributed by atoms with van der Waals surface area (Å²) in [6.45, 7) is 6.12. The predicted molar refractivity (Wildman–Crippen MR) is 67.2 cm³/mol. The molecule has 0 spiro atoms. The van der Waals surface area contributed by atoms with Crippen molar-refractivity contribution >= 4 is 5.78 Å². The van der Waals surface area contributed by atoms with E-state index in [2.05, 4.69) is 18.8 Å². The van der Waals surface area contributed by atoms with Gasteiger partial charge in [0.25, 0.3) is 0 Å². The van der Waals surface area contributed by atoms with Crippen molar-refractivity contribution in [3.63, 3.8) is 0 Å². The minimum atomic E-state index is 0.128. The van der Waals surface area contributed by atoms with Crippen molar-refractivity contribution in [2.45, 2.75) is 33.2 Å². The fraction of sp³-hybridized carbons (Fsp3) is 0.538. The van der Waals surface area contributed by atoms with Crippen LogP contribution in [0.5, 0.6) is 0 Å². The first kappa shape index (κ1) is 11.9. The quantitative estimate of drug-likeness (QED) is 0.733. The SMILES string of the molecule is Cc1nc2c(n1C(C)C)C(=O)/C(=C/N(C)C)C2. The van der Waals surface area contributed by atoms with E-state index in [1.165, 1.54) is 0 Å². The van der Waals surface area contributed by atoms with Gasteiger partial charge in [0.15, 0.2) is 0 Å². The van der Waals surface area contributed by atoms with Gasteiger partial charge in [0.05, 0.1) is 5.69 Å². The molecule has 0 unspecified atom stereocenters. The summed E-state index contributed by atoms with van der Waals surface area (Å²) >= 11 is 0. The Morgan fingerprint density at radius 1 is 1.41 bits per heavy atom. The molecule has 0 aliphatic heterocycles. The zero-order valence-electron chi connectivity index (χ0n) is 11.1. The van der Waals surface area contributed by atoms with Gasteiger partial charge in [-0.1, -0.05) is 0 Å². The van der Waals surface area contributed by atoms with E-state index in [-0.39, 0.29) is 11.8 Å².